The van der Waals surface area contributed by atoms with E-state index in [9.17, 15) is 9.90 Å². The first-order valence-electron chi connectivity index (χ1n) is 6.23. The predicted molar refractivity (Wildman–Crippen MR) is 61.0 cm³/mol. The van der Waals surface area contributed by atoms with Gasteiger partial charge >= 0.3 is 5.97 Å². The van der Waals surface area contributed by atoms with E-state index in [-0.39, 0.29) is 24.5 Å². The van der Waals surface area contributed by atoms with Gasteiger partial charge in [0, 0.05) is 18.5 Å². The molecule has 18 heavy (non-hydrogen) atoms. The van der Waals surface area contributed by atoms with Crippen LogP contribution in [0.1, 0.15) is 32.1 Å². The van der Waals surface area contributed by atoms with E-state index >= 15 is 0 Å². The van der Waals surface area contributed by atoms with Gasteiger partial charge in [-0.25, -0.2) is 4.79 Å². The first kappa shape index (κ1) is 13.3. The number of nitriles is 1. The second kappa shape index (κ2) is 5.65. The van der Waals surface area contributed by atoms with Crippen molar-refractivity contribution in [1.29, 1.82) is 5.26 Å². The molecule has 2 rings (SSSR count). The lowest BCUT2D eigenvalue weighted by molar-refractivity contribution is -0.195. The van der Waals surface area contributed by atoms with Crippen LogP contribution >= 0.6 is 0 Å². The highest BCUT2D eigenvalue weighted by atomic mass is 16.7. The van der Waals surface area contributed by atoms with Crippen LogP contribution in [0.2, 0.25) is 0 Å². The minimum Gasteiger partial charge on any atom is -0.467 e. The molecule has 2 aliphatic heterocycles. The van der Waals surface area contributed by atoms with Crippen LogP contribution < -0.4 is 0 Å². The summed E-state index contributed by atoms with van der Waals surface area (Å²) in [6, 6.07) is 2.27. The van der Waals surface area contributed by atoms with Gasteiger partial charge in [0.25, 0.3) is 0 Å². The van der Waals surface area contributed by atoms with E-state index in [2.05, 4.69) is 4.74 Å². The number of aliphatic hydroxyl groups excluding tert-OH is 1. The van der Waals surface area contributed by atoms with Gasteiger partial charge in [0.1, 0.15) is 0 Å². The summed E-state index contributed by atoms with van der Waals surface area (Å²) in [6.45, 7) is 0. The van der Waals surface area contributed by atoms with Crippen molar-refractivity contribution in [3.05, 3.63) is 0 Å². The fourth-order valence-corrected chi connectivity index (χ4v) is 2.76. The number of carbonyl (C=O) groups excluding carboxylic acids is 1. The quantitative estimate of drug-likeness (QED) is 0.729. The van der Waals surface area contributed by atoms with Crippen LogP contribution in [0.15, 0.2) is 0 Å². The zero-order valence-electron chi connectivity index (χ0n) is 10.4. The molecule has 0 bridgehead atoms. The summed E-state index contributed by atoms with van der Waals surface area (Å²) < 4.78 is 4.67. The SMILES string of the molecule is COC(=O)[C@@H]1C[C@@H]2CC[C@@H](C[C@H](O)CC#N)N2O1. The Kier molecular flexibility index (Phi) is 4.17. The Bertz CT molecular complexity index is 354. The molecule has 2 aliphatic rings. The number of carbonyl (C=O) groups is 1. The van der Waals surface area contributed by atoms with Crippen molar-refractivity contribution in [3.63, 3.8) is 0 Å². The summed E-state index contributed by atoms with van der Waals surface area (Å²) in [7, 11) is 1.35. The van der Waals surface area contributed by atoms with Gasteiger partial charge < -0.3 is 9.84 Å². The molecule has 0 aromatic carbocycles. The van der Waals surface area contributed by atoms with Gasteiger partial charge in [0.2, 0.25) is 0 Å². The third-order valence-electron chi connectivity index (χ3n) is 3.62. The van der Waals surface area contributed by atoms with E-state index < -0.39 is 12.2 Å². The van der Waals surface area contributed by atoms with Crippen molar-refractivity contribution >= 4 is 5.97 Å². The van der Waals surface area contributed by atoms with Crippen molar-refractivity contribution in [2.24, 2.45) is 0 Å². The van der Waals surface area contributed by atoms with Gasteiger partial charge in [-0.05, 0) is 19.3 Å². The maximum atomic E-state index is 11.4. The van der Waals surface area contributed by atoms with Crippen LogP contribution in [0.5, 0.6) is 0 Å². The molecule has 0 aromatic heterocycles. The van der Waals surface area contributed by atoms with Crippen molar-refractivity contribution < 1.29 is 19.5 Å². The molecule has 0 radical (unpaired) electrons. The maximum Gasteiger partial charge on any atom is 0.337 e. The smallest absolute Gasteiger partial charge is 0.337 e. The van der Waals surface area contributed by atoms with E-state index in [4.69, 9.17) is 10.1 Å². The highest BCUT2D eigenvalue weighted by Crippen LogP contribution is 2.36. The van der Waals surface area contributed by atoms with Crippen LogP contribution in [0.3, 0.4) is 0 Å². The third kappa shape index (κ3) is 2.64. The van der Waals surface area contributed by atoms with Gasteiger partial charge in [-0.1, -0.05) is 0 Å². The number of hydrogen-bond donors (Lipinski definition) is 1. The van der Waals surface area contributed by atoms with E-state index in [0.29, 0.717) is 12.8 Å². The molecular formula is C12H18N2O4. The number of fused-ring (bicyclic) bond motifs is 1. The highest BCUT2D eigenvalue weighted by molar-refractivity contribution is 5.74. The molecule has 0 aromatic rings. The molecule has 2 saturated heterocycles. The topological polar surface area (TPSA) is 82.8 Å². The lowest BCUT2D eigenvalue weighted by atomic mass is 10.0. The zero-order chi connectivity index (χ0) is 13.1. The fourth-order valence-electron chi connectivity index (χ4n) is 2.76. The zero-order valence-corrected chi connectivity index (χ0v) is 10.4. The summed E-state index contributed by atoms with van der Waals surface area (Å²) in [5.74, 6) is -0.347. The molecule has 6 heteroatoms. The maximum absolute atomic E-state index is 11.4. The lowest BCUT2D eigenvalue weighted by Crippen LogP contribution is -2.34. The molecule has 0 unspecified atom stereocenters. The van der Waals surface area contributed by atoms with Gasteiger partial charge in [-0.2, -0.15) is 10.3 Å². The standard InChI is InChI=1S/C12H18N2O4/c1-17-12(16)11-7-9-3-2-8(14(9)18-11)6-10(15)4-5-13/h8-11,15H,2-4,6-7H2,1H3/t8-,9-,10+,11-/m0/s1. The highest BCUT2D eigenvalue weighted by Gasteiger charge is 2.45. The van der Waals surface area contributed by atoms with Gasteiger partial charge in [-0.15, -0.1) is 0 Å². The Hall–Kier alpha value is -1.16. The average Bonchev–Trinajstić information content (AvgIpc) is 2.90. The monoisotopic (exact) mass is 254 g/mol. The van der Waals surface area contributed by atoms with Crippen LogP contribution in [0.4, 0.5) is 0 Å². The first-order valence-corrected chi connectivity index (χ1v) is 6.23. The number of hydroxylamine groups is 2. The lowest BCUT2D eigenvalue weighted by Gasteiger charge is -2.24. The summed E-state index contributed by atoms with van der Waals surface area (Å²) in [5.41, 5.74) is 0. The molecule has 0 spiro atoms. The molecule has 0 amide bonds. The number of ether oxygens (including phenoxy) is 1. The fraction of sp³-hybridized carbons (Fsp3) is 0.833. The summed E-state index contributed by atoms with van der Waals surface area (Å²) in [4.78, 5) is 17.0. The second-order valence-corrected chi connectivity index (χ2v) is 4.85. The third-order valence-corrected chi connectivity index (χ3v) is 3.62. The Balaban J connectivity index is 1.90. The molecule has 2 fully saturated rings. The van der Waals surface area contributed by atoms with E-state index in [0.717, 1.165) is 12.8 Å². The number of nitrogens with zero attached hydrogens (tertiary/aromatic N) is 2. The number of hydrogen-bond acceptors (Lipinski definition) is 6. The predicted octanol–water partition coefficient (Wildman–Crippen LogP) is 0.361. The van der Waals surface area contributed by atoms with Crippen molar-refractivity contribution in [2.75, 3.05) is 7.11 Å². The van der Waals surface area contributed by atoms with E-state index in [1.54, 1.807) is 0 Å². The van der Waals surface area contributed by atoms with Crippen molar-refractivity contribution in [3.8, 4) is 6.07 Å². The molecule has 2 heterocycles. The molecule has 4 atom stereocenters. The first-order chi connectivity index (χ1) is 8.65. The van der Waals surface area contributed by atoms with Crippen LogP contribution in [0.25, 0.3) is 0 Å². The van der Waals surface area contributed by atoms with Crippen molar-refractivity contribution in [2.45, 2.75) is 56.4 Å². The van der Waals surface area contributed by atoms with Crippen molar-refractivity contribution in [1.82, 2.24) is 5.06 Å². The Morgan fingerprint density at radius 2 is 2.44 bits per heavy atom. The Labute approximate surface area is 106 Å². The van der Waals surface area contributed by atoms with Crippen LogP contribution in [-0.4, -0.2) is 47.5 Å². The number of methoxy groups -OCH3 is 1. The molecule has 1 N–H and O–H groups in total. The minimum atomic E-state index is -0.625. The van der Waals surface area contributed by atoms with Gasteiger partial charge in [0.05, 0.1) is 25.7 Å². The van der Waals surface area contributed by atoms with Gasteiger partial charge in [0.15, 0.2) is 6.10 Å². The van der Waals surface area contributed by atoms with Crippen LogP contribution in [0, 0.1) is 11.3 Å². The average molecular weight is 254 g/mol. The van der Waals surface area contributed by atoms with Crippen LogP contribution in [-0.2, 0) is 14.4 Å². The number of rotatable bonds is 4. The molecule has 6 nitrogen and oxygen atoms in total. The second-order valence-electron chi connectivity index (χ2n) is 4.85. The largest absolute Gasteiger partial charge is 0.467 e. The number of esters is 1. The summed E-state index contributed by atoms with van der Waals surface area (Å²) >= 11 is 0. The molecular weight excluding hydrogens is 236 g/mol. The van der Waals surface area contributed by atoms with E-state index in [1.165, 1.54) is 7.11 Å². The molecule has 100 valence electrons. The normalized spacial score (nSPS) is 32.8. The Morgan fingerprint density at radius 1 is 1.67 bits per heavy atom. The summed E-state index contributed by atoms with van der Waals surface area (Å²) in [5, 5.41) is 20.0. The van der Waals surface area contributed by atoms with E-state index in [1.807, 2.05) is 11.1 Å². The Morgan fingerprint density at radius 3 is 3.11 bits per heavy atom. The molecule has 0 aliphatic carbocycles. The number of aliphatic hydroxyl groups is 1. The summed E-state index contributed by atoms with van der Waals surface area (Å²) in [6.07, 6.45) is 2.04. The van der Waals surface area contributed by atoms with Gasteiger partial charge in [-0.3, -0.25) is 4.84 Å². The molecule has 0 saturated carbocycles. The minimum absolute atomic E-state index is 0.0907.